The van der Waals surface area contributed by atoms with Crippen molar-refractivity contribution >= 4 is 11.7 Å². The summed E-state index contributed by atoms with van der Waals surface area (Å²) in [5, 5.41) is 9.05. The average molecular weight is 283 g/mol. The summed E-state index contributed by atoms with van der Waals surface area (Å²) in [6.07, 6.45) is 0.652. The molecule has 1 aromatic carbocycles. The van der Waals surface area contributed by atoms with Gasteiger partial charge in [0.25, 0.3) is 0 Å². The number of hydrogen-bond acceptors (Lipinski definition) is 5. The van der Waals surface area contributed by atoms with E-state index in [1.807, 2.05) is 13.8 Å². The van der Waals surface area contributed by atoms with Crippen LogP contribution in [0, 0.1) is 0 Å². The second-order valence-corrected chi connectivity index (χ2v) is 4.96. The number of nitrogens with two attached hydrogens (primary N) is 1. The Labute approximate surface area is 118 Å². The molecule has 20 heavy (non-hydrogen) atoms. The highest BCUT2D eigenvalue weighted by Gasteiger charge is 2.18. The van der Waals surface area contributed by atoms with Gasteiger partial charge in [0.1, 0.15) is 0 Å². The molecule has 0 aliphatic heterocycles. The summed E-state index contributed by atoms with van der Waals surface area (Å²) in [5.74, 6) is -0.346. The molecular formula is C14H21NO5. The van der Waals surface area contributed by atoms with Crippen LogP contribution in [0.3, 0.4) is 0 Å². The first-order valence-corrected chi connectivity index (χ1v) is 6.19. The molecule has 6 nitrogen and oxygen atoms in total. The molecule has 0 aliphatic rings. The van der Waals surface area contributed by atoms with E-state index in [4.69, 9.17) is 25.1 Å². The zero-order valence-corrected chi connectivity index (χ0v) is 12.2. The summed E-state index contributed by atoms with van der Waals surface area (Å²) in [5.41, 5.74) is 5.47. The van der Waals surface area contributed by atoms with Crippen LogP contribution in [0.5, 0.6) is 11.5 Å². The van der Waals surface area contributed by atoms with Crippen molar-refractivity contribution in [1.29, 1.82) is 0 Å². The molecule has 0 heterocycles. The van der Waals surface area contributed by atoms with Gasteiger partial charge in [-0.2, -0.15) is 0 Å². The van der Waals surface area contributed by atoms with Gasteiger partial charge in [-0.05, 0) is 13.8 Å². The van der Waals surface area contributed by atoms with Crippen molar-refractivity contribution in [3.8, 4) is 11.5 Å². The smallest absolute Gasteiger partial charge is 0.337 e. The second-order valence-electron chi connectivity index (χ2n) is 4.96. The SMILES string of the molecule is COc1cc(N)c(C(=O)O)cc1OCCC(C)(C)OC. The lowest BCUT2D eigenvalue weighted by Gasteiger charge is -2.23. The number of carbonyl (C=O) groups is 1. The van der Waals surface area contributed by atoms with Crippen molar-refractivity contribution in [1.82, 2.24) is 0 Å². The summed E-state index contributed by atoms with van der Waals surface area (Å²) >= 11 is 0. The highest BCUT2D eigenvalue weighted by Crippen LogP contribution is 2.32. The molecule has 0 bridgehead atoms. The summed E-state index contributed by atoms with van der Waals surface area (Å²) in [7, 11) is 3.10. The third-order valence-corrected chi connectivity index (χ3v) is 3.08. The molecule has 1 rings (SSSR count). The van der Waals surface area contributed by atoms with E-state index in [-0.39, 0.29) is 16.9 Å². The Morgan fingerprint density at radius 1 is 1.30 bits per heavy atom. The maximum Gasteiger partial charge on any atom is 0.337 e. The first-order valence-electron chi connectivity index (χ1n) is 6.19. The molecular weight excluding hydrogens is 262 g/mol. The minimum absolute atomic E-state index is 0.00759. The first-order chi connectivity index (χ1) is 9.30. The Morgan fingerprint density at radius 3 is 2.45 bits per heavy atom. The van der Waals surface area contributed by atoms with Crippen molar-refractivity contribution in [2.45, 2.75) is 25.9 Å². The molecule has 0 aromatic heterocycles. The quantitative estimate of drug-likeness (QED) is 0.745. The fraction of sp³-hybridized carbons (Fsp3) is 0.500. The molecule has 0 spiro atoms. The Bertz CT molecular complexity index is 485. The minimum atomic E-state index is -1.10. The van der Waals surface area contributed by atoms with Crippen LogP contribution in [0.25, 0.3) is 0 Å². The van der Waals surface area contributed by atoms with Gasteiger partial charge in [0, 0.05) is 25.7 Å². The minimum Gasteiger partial charge on any atom is -0.493 e. The zero-order chi connectivity index (χ0) is 15.3. The highest BCUT2D eigenvalue weighted by atomic mass is 16.5. The van der Waals surface area contributed by atoms with E-state index in [2.05, 4.69) is 0 Å². The van der Waals surface area contributed by atoms with E-state index in [9.17, 15) is 4.79 Å². The van der Waals surface area contributed by atoms with E-state index >= 15 is 0 Å². The summed E-state index contributed by atoms with van der Waals surface area (Å²) in [6.45, 7) is 4.26. The predicted octanol–water partition coefficient (Wildman–Crippen LogP) is 2.17. The molecule has 0 radical (unpaired) electrons. The molecule has 0 amide bonds. The van der Waals surface area contributed by atoms with Crippen LogP contribution in [-0.2, 0) is 4.74 Å². The number of anilines is 1. The van der Waals surface area contributed by atoms with Crippen LogP contribution in [0.2, 0.25) is 0 Å². The monoisotopic (exact) mass is 283 g/mol. The first kappa shape index (κ1) is 16.1. The largest absolute Gasteiger partial charge is 0.493 e. The van der Waals surface area contributed by atoms with Crippen molar-refractivity contribution in [3.05, 3.63) is 17.7 Å². The lowest BCUT2D eigenvalue weighted by molar-refractivity contribution is 0.00522. The molecule has 112 valence electrons. The second kappa shape index (κ2) is 6.47. The normalized spacial score (nSPS) is 11.2. The molecule has 6 heteroatoms. The Hall–Kier alpha value is -1.95. The van der Waals surface area contributed by atoms with E-state index in [1.165, 1.54) is 19.2 Å². The van der Waals surface area contributed by atoms with Gasteiger partial charge < -0.3 is 25.1 Å². The zero-order valence-electron chi connectivity index (χ0n) is 12.2. The lowest BCUT2D eigenvalue weighted by Crippen LogP contribution is -2.25. The Morgan fingerprint density at radius 2 is 1.95 bits per heavy atom. The number of rotatable bonds is 7. The lowest BCUT2D eigenvalue weighted by atomic mass is 10.1. The predicted molar refractivity (Wildman–Crippen MR) is 75.6 cm³/mol. The van der Waals surface area contributed by atoms with E-state index < -0.39 is 5.97 Å². The number of carboxylic acid groups (broad SMARTS) is 1. The third-order valence-electron chi connectivity index (χ3n) is 3.08. The van der Waals surface area contributed by atoms with Crippen LogP contribution in [0.1, 0.15) is 30.6 Å². The van der Waals surface area contributed by atoms with Crippen LogP contribution >= 0.6 is 0 Å². The molecule has 0 fully saturated rings. The summed E-state index contributed by atoms with van der Waals surface area (Å²) < 4.78 is 16.0. The van der Waals surface area contributed by atoms with Gasteiger partial charge in [-0.15, -0.1) is 0 Å². The van der Waals surface area contributed by atoms with Crippen molar-refractivity contribution in [2.75, 3.05) is 26.6 Å². The van der Waals surface area contributed by atoms with Gasteiger partial charge in [0.15, 0.2) is 11.5 Å². The molecule has 0 unspecified atom stereocenters. The van der Waals surface area contributed by atoms with E-state index in [0.717, 1.165) is 0 Å². The Balaban J connectivity index is 2.88. The van der Waals surface area contributed by atoms with Gasteiger partial charge in [-0.1, -0.05) is 0 Å². The molecule has 0 aliphatic carbocycles. The van der Waals surface area contributed by atoms with Crippen molar-refractivity contribution < 1.29 is 24.1 Å². The number of methoxy groups -OCH3 is 2. The number of carboxylic acids is 1. The molecule has 0 saturated heterocycles. The standard InChI is InChI=1S/C14H21NO5/c1-14(2,19-4)5-6-20-12-7-9(13(16)17)10(15)8-11(12)18-3/h7-8H,5-6,15H2,1-4H3,(H,16,17). The van der Waals surface area contributed by atoms with Crippen LogP contribution in [0.15, 0.2) is 12.1 Å². The van der Waals surface area contributed by atoms with Gasteiger partial charge in [0.2, 0.25) is 0 Å². The van der Waals surface area contributed by atoms with Crippen LogP contribution in [-0.4, -0.2) is 37.5 Å². The number of benzene rings is 1. The maximum atomic E-state index is 11.1. The van der Waals surface area contributed by atoms with E-state index in [1.54, 1.807) is 7.11 Å². The van der Waals surface area contributed by atoms with Crippen LogP contribution in [0.4, 0.5) is 5.69 Å². The van der Waals surface area contributed by atoms with Gasteiger partial charge >= 0.3 is 5.97 Å². The number of hydrogen-bond donors (Lipinski definition) is 2. The fourth-order valence-corrected chi connectivity index (χ4v) is 1.54. The van der Waals surface area contributed by atoms with Gasteiger partial charge in [-0.25, -0.2) is 4.79 Å². The number of aromatic carboxylic acids is 1. The molecule has 1 aromatic rings. The Kier molecular flexibility index (Phi) is 5.21. The number of ether oxygens (including phenoxy) is 3. The molecule has 3 N–H and O–H groups in total. The summed E-state index contributed by atoms with van der Waals surface area (Å²) in [4.78, 5) is 11.1. The number of nitrogen functional groups attached to an aromatic ring is 1. The van der Waals surface area contributed by atoms with Crippen molar-refractivity contribution in [3.63, 3.8) is 0 Å². The molecule has 0 saturated carbocycles. The average Bonchev–Trinajstić information content (AvgIpc) is 2.39. The topological polar surface area (TPSA) is 91.0 Å². The highest BCUT2D eigenvalue weighted by molar-refractivity contribution is 5.94. The molecule has 0 atom stereocenters. The van der Waals surface area contributed by atoms with Crippen LogP contribution < -0.4 is 15.2 Å². The fourth-order valence-electron chi connectivity index (χ4n) is 1.54. The maximum absolute atomic E-state index is 11.1. The van der Waals surface area contributed by atoms with Gasteiger partial charge in [0.05, 0.1) is 30.6 Å². The third kappa shape index (κ3) is 4.03. The van der Waals surface area contributed by atoms with Crippen molar-refractivity contribution in [2.24, 2.45) is 0 Å². The van der Waals surface area contributed by atoms with E-state index in [0.29, 0.717) is 24.5 Å². The summed E-state index contributed by atoms with van der Waals surface area (Å²) in [6, 6.07) is 2.82. The van der Waals surface area contributed by atoms with Gasteiger partial charge in [-0.3, -0.25) is 0 Å².